The van der Waals surface area contributed by atoms with Crippen molar-refractivity contribution in [2.45, 2.75) is 94.6 Å². The minimum Gasteiger partial charge on any atom is -0.354 e. The van der Waals surface area contributed by atoms with E-state index in [4.69, 9.17) is 0 Å². The van der Waals surface area contributed by atoms with Gasteiger partial charge in [-0.2, -0.15) is 13.2 Å². The summed E-state index contributed by atoms with van der Waals surface area (Å²) in [6, 6.07) is 1.87. The van der Waals surface area contributed by atoms with Crippen molar-refractivity contribution in [3.05, 3.63) is 23.3 Å². The second-order valence-electron chi connectivity index (χ2n) is 9.41. The number of nitrogens with zero attached hydrogens (tertiary/aromatic N) is 2. The second kappa shape index (κ2) is 11.2. The Kier molecular flexibility index (Phi) is 8.77. The van der Waals surface area contributed by atoms with E-state index >= 15 is 0 Å². The lowest BCUT2D eigenvalue weighted by Gasteiger charge is -2.38. The lowest BCUT2D eigenvalue weighted by molar-refractivity contribution is -0.138. The average molecular weight is 514 g/mol. The minimum absolute atomic E-state index is 0.107. The lowest BCUT2D eigenvalue weighted by Crippen LogP contribution is -2.47. The van der Waals surface area contributed by atoms with Crippen LogP contribution in [-0.2, 0) is 15.8 Å². The van der Waals surface area contributed by atoms with Gasteiger partial charge in [-0.3, -0.25) is 14.4 Å². The third kappa shape index (κ3) is 6.13. The molecular weight excluding hydrogens is 479 g/mol. The molecule has 0 bridgehead atoms. The van der Waals surface area contributed by atoms with E-state index in [0.29, 0.717) is 4.90 Å². The molecule has 1 unspecified atom stereocenters. The molecule has 0 spiro atoms. The molecule has 1 N–H and O–H groups in total. The Hall–Kier alpha value is -2.23. The molecule has 1 aromatic rings. The fraction of sp³-hybridized carbons (Fsp3) is 0.640. The Bertz CT molecular complexity index is 961. The number of alkyl halides is 3. The first-order valence-electron chi connectivity index (χ1n) is 12.3. The van der Waals surface area contributed by atoms with Crippen LogP contribution >= 0.6 is 11.8 Å². The Labute approximate surface area is 209 Å². The molecule has 1 fully saturated rings. The number of rotatable bonds is 7. The largest absolute Gasteiger partial charge is 0.417 e. The number of benzene rings is 1. The van der Waals surface area contributed by atoms with Gasteiger partial charge in [-0.15, -0.1) is 11.8 Å². The number of carbonyl (C=O) groups excluding carboxylic acids is 3. The van der Waals surface area contributed by atoms with Crippen molar-refractivity contribution in [3.8, 4) is 0 Å². The van der Waals surface area contributed by atoms with E-state index in [2.05, 4.69) is 5.32 Å². The van der Waals surface area contributed by atoms with Gasteiger partial charge in [-0.1, -0.05) is 26.2 Å². The van der Waals surface area contributed by atoms with Gasteiger partial charge in [0.15, 0.2) is 0 Å². The van der Waals surface area contributed by atoms with Crippen LogP contribution in [0.15, 0.2) is 17.0 Å². The molecule has 194 valence electrons. The summed E-state index contributed by atoms with van der Waals surface area (Å²) >= 11 is 1.06. The van der Waals surface area contributed by atoms with Crippen LogP contribution < -0.4 is 10.2 Å². The predicted molar refractivity (Wildman–Crippen MR) is 131 cm³/mol. The first-order chi connectivity index (χ1) is 16.5. The Morgan fingerprint density at radius 1 is 1.20 bits per heavy atom. The highest BCUT2D eigenvalue weighted by atomic mass is 32.2. The van der Waals surface area contributed by atoms with Gasteiger partial charge in [0.1, 0.15) is 0 Å². The first-order valence-corrected chi connectivity index (χ1v) is 13.2. The fourth-order valence-corrected chi connectivity index (χ4v) is 5.93. The topological polar surface area (TPSA) is 69.7 Å². The summed E-state index contributed by atoms with van der Waals surface area (Å²) in [4.78, 5) is 41.6. The summed E-state index contributed by atoms with van der Waals surface area (Å²) in [5, 5.41) is 2.12. The van der Waals surface area contributed by atoms with E-state index in [1.807, 2.05) is 13.8 Å². The quantitative estimate of drug-likeness (QED) is 0.541. The first kappa shape index (κ1) is 27.4. The van der Waals surface area contributed by atoms with Crippen molar-refractivity contribution >= 4 is 35.2 Å². The van der Waals surface area contributed by atoms with Crippen LogP contribution in [0.2, 0.25) is 0 Å². The molecule has 0 radical (unpaired) electrons. The van der Waals surface area contributed by atoms with Gasteiger partial charge < -0.3 is 15.1 Å². The molecule has 3 rings (SSSR count). The molecule has 3 amide bonds. The highest BCUT2D eigenvalue weighted by Gasteiger charge is 2.41. The number of carbonyl (C=O) groups is 3. The summed E-state index contributed by atoms with van der Waals surface area (Å²) in [7, 11) is 0. The van der Waals surface area contributed by atoms with Gasteiger partial charge in [0.05, 0.1) is 22.1 Å². The second-order valence-corrected chi connectivity index (χ2v) is 10.8. The maximum atomic E-state index is 14.2. The molecule has 35 heavy (non-hydrogen) atoms. The molecular formula is C25H34F3N3O3S. The summed E-state index contributed by atoms with van der Waals surface area (Å²) in [5.74, 6) is -1.10. The molecule has 6 nitrogen and oxygen atoms in total. The monoisotopic (exact) mass is 513 g/mol. The van der Waals surface area contributed by atoms with E-state index in [1.54, 1.807) is 18.7 Å². The highest BCUT2D eigenvalue weighted by Crippen LogP contribution is 2.45. The average Bonchev–Trinajstić information content (AvgIpc) is 2.80. The Morgan fingerprint density at radius 2 is 1.86 bits per heavy atom. The van der Waals surface area contributed by atoms with E-state index in [0.717, 1.165) is 49.9 Å². The van der Waals surface area contributed by atoms with Crippen molar-refractivity contribution in [2.24, 2.45) is 0 Å². The van der Waals surface area contributed by atoms with Gasteiger partial charge in [0, 0.05) is 36.5 Å². The summed E-state index contributed by atoms with van der Waals surface area (Å²) < 4.78 is 42.5. The number of amides is 3. The number of hydrogen-bond acceptors (Lipinski definition) is 4. The zero-order valence-electron chi connectivity index (χ0n) is 20.7. The zero-order valence-corrected chi connectivity index (χ0v) is 21.5. The van der Waals surface area contributed by atoms with Crippen molar-refractivity contribution in [2.75, 3.05) is 18.0 Å². The highest BCUT2D eigenvalue weighted by molar-refractivity contribution is 8.01. The van der Waals surface area contributed by atoms with Crippen molar-refractivity contribution in [1.29, 1.82) is 0 Å². The zero-order chi connectivity index (χ0) is 25.9. The molecule has 1 aliphatic carbocycles. The third-order valence-corrected chi connectivity index (χ3v) is 7.72. The van der Waals surface area contributed by atoms with Crippen LogP contribution in [0.4, 0.5) is 18.9 Å². The SMILES string of the molecule is CCC(=O)NCCN1C(=O)C(C)Sc2cc(C(F)(F)F)c(C(=O)N(C(C)C)C3CCCCC3)cc21. The Morgan fingerprint density at radius 3 is 2.43 bits per heavy atom. The summed E-state index contributed by atoms with van der Waals surface area (Å²) in [6.45, 7) is 7.27. The molecule has 1 heterocycles. The number of thioether (sulfide) groups is 1. The van der Waals surface area contributed by atoms with Gasteiger partial charge in [-0.25, -0.2) is 0 Å². The van der Waals surface area contributed by atoms with E-state index in [1.165, 1.54) is 11.0 Å². The molecule has 1 aliphatic heterocycles. The number of anilines is 1. The van der Waals surface area contributed by atoms with Crippen molar-refractivity contribution in [3.63, 3.8) is 0 Å². The number of fused-ring (bicyclic) bond motifs is 1. The van der Waals surface area contributed by atoms with Crippen LogP contribution in [-0.4, -0.2) is 53.0 Å². The van der Waals surface area contributed by atoms with Gasteiger partial charge in [0.25, 0.3) is 5.91 Å². The van der Waals surface area contributed by atoms with Crippen LogP contribution in [0.25, 0.3) is 0 Å². The van der Waals surface area contributed by atoms with Crippen molar-refractivity contribution < 1.29 is 27.6 Å². The molecule has 2 aliphatic rings. The molecule has 1 atom stereocenters. The standard InChI is InChI=1S/C25H34F3N3O3S/c1-5-22(32)29-11-12-30-20-13-18(24(34)31(15(2)3)17-9-7-6-8-10-17)19(25(26,27)28)14-21(20)35-16(4)23(30)33/h13-17H,5-12H2,1-4H3,(H,29,32). The molecule has 0 aromatic heterocycles. The molecule has 1 saturated carbocycles. The smallest absolute Gasteiger partial charge is 0.354 e. The minimum atomic E-state index is -4.72. The van der Waals surface area contributed by atoms with E-state index in [9.17, 15) is 27.6 Å². The van der Waals surface area contributed by atoms with Crippen LogP contribution in [0.5, 0.6) is 0 Å². The lowest BCUT2D eigenvalue weighted by atomic mass is 9.92. The predicted octanol–water partition coefficient (Wildman–Crippen LogP) is 5.24. The normalized spacial score (nSPS) is 19.0. The number of nitrogens with one attached hydrogen (secondary N) is 1. The van der Waals surface area contributed by atoms with E-state index < -0.39 is 28.5 Å². The van der Waals surface area contributed by atoms with Crippen LogP contribution in [0.1, 0.15) is 82.1 Å². The Balaban J connectivity index is 2.06. The van der Waals surface area contributed by atoms with Crippen LogP contribution in [0, 0.1) is 0 Å². The third-order valence-electron chi connectivity index (χ3n) is 6.58. The van der Waals surface area contributed by atoms with Crippen LogP contribution in [0.3, 0.4) is 0 Å². The number of halogens is 3. The number of hydrogen-bond donors (Lipinski definition) is 1. The summed E-state index contributed by atoms with van der Waals surface area (Å²) in [6.07, 6.45) is 0.0491. The maximum Gasteiger partial charge on any atom is 0.417 e. The maximum absolute atomic E-state index is 14.2. The van der Waals surface area contributed by atoms with Gasteiger partial charge >= 0.3 is 6.18 Å². The fourth-order valence-electron chi connectivity index (χ4n) is 4.85. The van der Waals surface area contributed by atoms with Crippen molar-refractivity contribution in [1.82, 2.24) is 10.2 Å². The molecule has 1 aromatic carbocycles. The van der Waals surface area contributed by atoms with Gasteiger partial charge in [-0.05, 0) is 45.7 Å². The summed E-state index contributed by atoms with van der Waals surface area (Å²) in [5.41, 5.74) is -1.12. The van der Waals surface area contributed by atoms with E-state index in [-0.39, 0.29) is 49.1 Å². The molecule has 10 heteroatoms. The van der Waals surface area contributed by atoms with Gasteiger partial charge in [0.2, 0.25) is 11.8 Å². The molecule has 0 saturated heterocycles.